The minimum absolute atomic E-state index is 0.385. The van der Waals surface area contributed by atoms with Crippen LogP contribution in [0.5, 0.6) is 5.75 Å². The maximum Gasteiger partial charge on any atom is 0.249 e. The van der Waals surface area contributed by atoms with Gasteiger partial charge in [0.25, 0.3) is 0 Å². The summed E-state index contributed by atoms with van der Waals surface area (Å²) in [7, 11) is 0. The Morgan fingerprint density at radius 2 is 1.83 bits per heavy atom. The first-order chi connectivity index (χ1) is 11.7. The fraction of sp³-hybridized carbons (Fsp3) is 0.118. The highest BCUT2D eigenvalue weighted by Gasteiger charge is 2.04. The van der Waals surface area contributed by atoms with Crippen LogP contribution in [0.1, 0.15) is 6.92 Å². The van der Waals surface area contributed by atoms with Gasteiger partial charge in [0.1, 0.15) is 5.75 Å². The molecule has 7 heteroatoms. The lowest BCUT2D eigenvalue weighted by molar-refractivity contribution is 0.340. The van der Waals surface area contributed by atoms with E-state index in [1.165, 1.54) is 6.20 Å². The van der Waals surface area contributed by atoms with Crippen molar-refractivity contribution in [3.8, 4) is 5.75 Å². The van der Waals surface area contributed by atoms with Gasteiger partial charge in [0.05, 0.1) is 23.5 Å². The highest BCUT2D eigenvalue weighted by atomic mass is 35.5. The number of hydrogen-bond acceptors (Lipinski definition) is 6. The van der Waals surface area contributed by atoms with Crippen molar-refractivity contribution in [1.29, 1.82) is 0 Å². The Labute approximate surface area is 144 Å². The largest absolute Gasteiger partial charge is 0.494 e. The predicted molar refractivity (Wildman–Crippen MR) is 95.5 cm³/mol. The summed E-state index contributed by atoms with van der Waals surface area (Å²) >= 11 is 6.13. The second kappa shape index (κ2) is 7.61. The van der Waals surface area contributed by atoms with Crippen molar-refractivity contribution in [2.24, 2.45) is 0 Å². The molecule has 3 rings (SSSR count). The Balaban J connectivity index is 1.72. The lowest BCUT2D eigenvalue weighted by Crippen LogP contribution is -2.02. The first-order valence-electron chi connectivity index (χ1n) is 7.46. The van der Waals surface area contributed by atoms with Gasteiger partial charge in [-0.15, -0.1) is 5.10 Å². The maximum absolute atomic E-state index is 6.13. The lowest BCUT2D eigenvalue weighted by atomic mass is 10.3. The van der Waals surface area contributed by atoms with E-state index in [1.807, 2.05) is 49.4 Å². The number of anilines is 4. The van der Waals surface area contributed by atoms with Crippen LogP contribution in [0.4, 0.5) is 23.1 Å². The van der Waals surface area contributed by atoms with Gasteiger partial charge in [0, 0.05) is 5.69 Å². The zero-order valence-corrected chi connectivity index (χ0v) is 13.8. The second-order valence-electron chi connectivity index (χ2n) is 4.85. The van der Waals surface area contributed by atoms with Gasteiger partial charge in [0.2, 0.25) is 5.95 Å². The summed E-state index contributed by atoms with van der Waals surface area (Å²) in [5.74, 6) is 1.75. The SMILES string of the molecule is CCOc1ccc(Nc2nncc(Nc3ccccc3Cl)n2)cc1. The van der Waals surface area contributed by atoms with Crippen molar-refractivity contribution in [3.05, 3.63) is 59.8 Å². The molecule has 0 atom stereocenters. The average Bonchev–Trinajstić information content (AvgIpc) is 2.59. The summed E-state index contributed by atoms with van der Waals surface area (Å²) in [6, 6.07) is 15.0. The molecule has 0 aliphatic rings. The van der Waals surface area contributed by atoms with Gasteiger partial charge in [-0.1, -0.05) is 23.7 Å². The number of para-hydroxylation sites is 1. The molecular formula is C17H16ClN5O. The van der Waals surface area contributed by atoms with Gasteiger partial charge < -0.3 is 15.4 Å². The number of nitrogens with zero attached hydrogens (tertiary/aromatic N) is 3. The van der Waals surface area contributed by atoms with E-state index in [9.17, 15) is 0 Å². The molecule has 2 aromatic carbocycles. The van der Waals surface area contributed by atoms with Gasteiger partial charge in [-0.05, 0) is 43.3 Å². The molecule has 122 valence electrons. The van der Waals surface area contributed by atoms with Crippen LogP contribution in [0, 0.1) is 0 Å². The normalized spacial score (nSPS) is 10.2. The number of benzene rings is 2. The van der Waals surface area contributed by atoms with E-state index >= 15 is 0 Å². The Bertz CT molecular complexity index is 810. The Morgan fingerprint density at radius 1 is 1.04 bits per heavy atom. The minimum Gasteiger partial charge on any atom is -0.494 e. The van der Waals surface area contributed by atoms with Crippen LogP contribution in [0.3, 0.4) is 0 Å². The molecule has 24 heavy (non-hydrogen) atoms. The van der Waals surface area contributed by atoms with E-state index in [4.69, 9.17) is 16.3 Å². The highest BCUT2D eigenvalue weighted by molar-refractivity contribution is 6.33. The predicted octanol–water partition coefficient (Wildman–Crippen LogP) is 4.41. The molecule has 0 spiro atoms. The van der Waals surface area contributed by atoms with Crippen molar-refractivity contribution in [1.82, 2.24) is 15.2 Å². The van der Waals surface area contributed by atoms with E-state index in [0.717, 1.165) is 17.1 Å². The van der Waals surface area contributed by atoms with Crippen LogP contribution in [0.2, 0.25) is 5.02 Å². The summed E-state index contributed by atoms with van der Waals surface area (Å²) in [4.78, 5) is 4.38. The molecular weight excluding hydrogens is 326 g/mol. The number of ether oxygens (including phenoxy) is 1. The smallest absolute Gasteiger partial charge is 0.249 e. The maximum atomic E-state index is 6.13. The zero-order chi connectivity index (χ0) is 16.8. The standard InChI is InChI=1S/C17H16ClN5O/c1-2-24-13-9-7-12(8-10-13)20-17-22-16(11-19-23-17)21-15-6-4-3-5-14(15)18/h3-11H,2H2,1H3,(H2,20,21,22,23). The number of nitrogens with one attached hydrogen (secondary N) is 2. The summed E-state index contributed by atoms with van der Waals surface area (Å²) in [6.07, 6.45) is 1.53. The van der Waals surface area contributed by atoms with Crippen LogP contribution >= 0.6 is 11.6 Å². The van der Waals surface area contributed by atoms with Crippen molar-refractivity contribution in [3.63, 3.8) is 0 Å². The number of halogens is 1. The van der Waals surface area contributed by atoms with Crippen molar-refractivity contribution in [2.75, 3.05) is 17.2 Å². The lowest BCUT2D eigenvalue weighted by Gasteiger charge is -2.09. The quantitative estimate of drug-likeness (QED) is 0.692. The summed E-state index contributed by atoms with van der Waals surface area (Å²) in [5, 5.41) is 14.8. The molecule has 0 saturated heterocycles. The van der Waals surface area contributed by atoms with E-state index in [1.54, 1.807) is 6.07 Å². The molecule has 0 amide bonds. The first-order valence-corrected chi connectivity index (χ1v) is 7.83. The molecule has 0 unspecified atom stereocenters. The summed E-state index contributed by atoms with van der Waals surface area (Å²) in [5.41, 5.74) is 1.60. The van der Waals surface area contributed by atoms with Gasteiger partial charge in [-0.2, -0.15) is 10.1 Å². The third kappa shape index (κ3) is 4.11. The number of aromatic nitrogens is 3. The van der Waals surface area contributed by atoms with Gasteiger partial charge in [0.15, 0.2) is 5.82 Å². The van der Waals surface area contributed by atoms with Crippen molar-refractivity contribution < 1.29 is 4.74 Å². The van der Waals surface area contributed by atoms with E-state index in [2.05, 4.69) is 25.8 Å². The fourth-order valence-corrected chi connectivity index (χ4v) is 2.23. The molecule has 0 aliphatic heterocycles. The van der Waals surface area contributed by atoms with E-state index in [0.29, 0.717) is 23.4 Å². The monoisotopic (exact) mass is 341 g/mol. The molecule has 0 aliphatic carbocycles. The van der Waals surface area contributed by atoms with Crippen LogP contribution in [0.15, 0.2) is 54.7 Å². The Hall–Kier alpha value is -2.86. The van der Waals surface area contributed by atoms with Gasteiger partial charge in [-0.3, -0.25) is 0 Å². The second-order valence-corrected chi connectivity index (χ2v) is 5.26. The average molecular weight is 342 g/mol. The van der Waals surface area contributed by atoms with Crippen LogP contribution in [-0.2, 0) is 0 Å². The number of rotatable bonds is 6. The molecule has 2 N–H and O–H groups in total. The molecule has 0 radical (unpaired) electrons. The van der Waals surface area contributed by atoms with Gasteiger partial charge >= 0.3 is 0 Å². The van der Waals surface area contributed by atoms with Crippen molar-refractivity contribution >= 4 is 34.7 Å². The third-order valence-corrected chi connectivity index (χ3v) is 3.45. The van der Waals surface area contributed by atoms with Crippen LogP contribution in [-0.4, -0.2) is 21.8 Å². The van der Waals surface area contributed by atoms with Crippen LogP contribution < -0.4 is 15.4 Å². The van der Waals surface area contributed by atoms with Crippen molar-refractivity contribution in [2.45, 2.75) is 6.92 Å². The molecule has 1 aromatic heterocycles. The molecule has 0 bridgehead atoms. The van der Waals surface area contributed by atoms with E-state index in [-0.39, 0.29) is 0 Å². The third-order valence-electron chi connectivity index (χ3n) is 3.12. The molecule has 1 heterocycles. The molecule has 6 nitrogen and oxygen atoms in total. The summed E-state index contributed by atoms with van der Waals surface area (Å²) in [6.45, 7) is 2.58. The molecule has 0 fully saturated rings. The fourth-order valence-electron chi connectivity index (χ4n) is 2.05. The summed E-state index contributed by atoms with van der Waals surface area (Å²) < 4.78 is 5.41. The Morgan fingerprint density at radius 3 is 2.58 bits per heavy atom. The highest BCUT2D eigenvalue weighted by Crippen LogP contribution is 2.24. The zero-order valence-electron chi connectivity index (χ0n) is 13.0. The van der Waals surface area contributed by atoms with Crippen LogP contribution in [0.25, 0.3) is 0 Å². The van der Waals surface area contributed by atoms with Gasteiger partial charge in [-0.25, -0.2) is 0 Å². The van der Waals surface area contributed by atoms with E-state index < -0.39 is 0 Å². The minimum atomic E-state index is 0.385. The first kappa shape index (κ1) is 16.0. The molecule has 3 aromatic rings. The Kier molecular flexibility index (Phi) is 5.08. The topological polar surface area (TPSA) is 72.0 Å². The molecule has 0 saturated carbocycles. The number of hydrogen-bond donors (Lipinski definition) is 2.